The van der Waals surface area contributed by atoms with E-state index in [0.29, 0.717) is 5.92 Å². The average Bonchev–Trinajstić information content (AvgIpc) is 2.45. The number of carbonyl (C=O) groups excluding carboxylic acids is 1. The van der Waals surface area contributed by atoms with Gasteiger partial charge >= 0.3 is 6.09 Å². The molecule has 3 heteroatoms. The number of carbonyl (C=O) groups is 1. The summed E-state index contributed by atoms with van der Waals surface area (Å²) >= 11 is 0. The second-order valence-electron chi connectivity index (χ2n) is 7.02. The molecule has 1 aromatic carbocycles. The van der Waals surface area contributed by atoms with Crippen LogP contribution in [0.3, 0.4) is 0 Å². The van der Waals surface area contributed by atoms with Crippen LogP contribution in [0.1, 0.15) is 44.7 Å². The molecule has 1 fully saturated rings. The highest BCUT2D eigenvalue weighted by molar-refractivity contribution is 5.68. The first-order valence-corrected chi connectivity index (χ1v) is 8.07. The van der Waals surface area contributed by atoms with E-state index >= 15 is 0 Å². The molecule has 0 spiro atoms. The minimum Gasteiger partial charge on any atom is -0.444 e. The Morgan fingerprint density at radius 3 is 2.45 bits per heavy atom. The van der Waals surface area contributed by atoms with Crippen LogP contribution in [0.2, 0.25) is 0 Å². The molecule has 0 radical (unpaired) electrons. The lowest BCUT2D eigenvalue weighted by molar-refractivity contribution is 0.0197. The van der Waals surface area contributed by atoms with Gasteiger partial charge in [-0.1, -0.05) is 36.4 Å². The average molecular weight is 301 g/mol. The van der Waals surface area contributed by atoms with E-state index in [0.717, 1.165) is 25.9 Å². The number of ether oxygens (including phenoxy) is 1. The van der Waals surface area contributed by atoms with Crippen molar-refractivity contribution in [1.82, 2.24) is 4.90 Å². The molecule has 0 unspecified atom stereocenters. The zero-order valence-electron chi connectivity index (χ0n) is 14.1. The van der Waals surface area contributed by atoms with Crippen LogP contribution in [0.25, 0.3) is 6.08 Å². The summed E-state index contributed by atoms with van der Waals surface area (Å²) in [5.41, 5.74) is 2.15. The Bertz CT molecular complexity index is 535. The van der Waals surface area contributed by atoms with E-state index in [4.69, 9.17) is 4.74 Å². The van der Waals surface area contributed by atoms with Crippen molar-refractivity contribution >= 4 is 12.2 Å². The monoisotopic (exact) mass is 301 g/mol. The number of hydrogen-bond acceptors (Lipinski definition) is 2. The molecule has 1 heterocycles. The van der Waals surface area contributed by atoms with E-state index in [2.05, 4.69) is 43.3 Å². The molecule has 1 aliphatic heterocycles. The van der Waals surface area contributed by atoms with Gasteiger partial charge in [0.05, 0.1) is 0 Å². The fourth-order valence-electron chi connectivity index (χ4n) is 2.61. The standard InChI is InChI=1S/C19H27NO2/c1-15-7-5-6-8-17(15)10-9-16-11-13-20(14-12-16)18(21)22-19(2,3)4/h5-10,16H,11-14H2,1-4H3. The number of allylic oxidation sites excluding steroid dienone is 1. The Morgan fingerprint density at radius 1 is 1.23 bits per heavy atom. The summed E-state index contributed by atoms with van der Waals surface area (Å²) in [5.74, 6) is 0.540. The topological polar surface area (TPSA) is 29.5 Å². The minimum absolute atomic E-state index is 0.186. The Balaban J connectivity index is 1.85. The summed E-state index contributed by atoms with van der Waals surface area (Å²) < 4.78 is 5.43. The molecule has 0 bridgehead atoms. The zero-order chi connectivity index (χ0) is 16.2. The fourth-order valence-corrected chi connectivity index (χ4v) is 2.61. The number of nitrogens with zero attached hydrogens (tertiary/aromatic N) is 1. The number of piperidine rings is 1. The van der Waals surface area contributed by atoms with E-state index < -0.39 is 5.60 Å². The SMILES string of the molecule is Cc1ccccc1C=CC1CCN(C(=O)OC(C)(C)C)CC1. The molecule has 22 heavy (non-hydrogen) atoms. The molecule has 1 saturated heterocycles. The van der Waals surface area contributed by atoms with Crippen LogP contribution in [0, 0.1) is 12.8 Å². The highest BCUT2D eigenvalue weighted by Gasteiger charge is 2.25. The van der Waals surface area contributed by atoms with Crippen molar-refractivity contribution in [3.05, 3.63) is 41.5 Å². The van der Waals surface area contributed by atoms with Crippen molar-refractivity contribution in [2.75, 3.05) is 13.1 Å². The van der Waals surface area contributed by atoms with Crippen molar-refractivity contribution in [3.63, 3.8) is 0 Å². The van der Waals surface area contributed by atoms with Crippen LogP contribution in [0.5, 0.6) is 0 Å². The number of aryl methyl sites for hydroxylation is 1. The highest BCUT2D eigenvalue weighted by Crippen LogP contribution is 2.22. The predicted molar refractivity (Wildman–Crippen MR) is 90.7 cm³/mol. The molecular weight excluding hydrogens is 274 g/mol. The number of hydrogen-bond donors (Lipinski definition) is 0. The highest BCUT2D eigenvalue weighted by atomic mass is 16.6. The van der Waals surface area contributed by atoms with Gasteiger partial charge in [0, 0.05) is 13.1 Å². The fraction of sp³-hybridized carbons (Fsp3) is 0.526. The van der Waals surface area contributed by atoms with Gasteiger partial charge in [0.25, 0.3) is 0 Å². The third-order valence-corrected chi connectivity index (χ3v) is 3.93. The normalized spacial score (nSPS) is 17.0. The summed E-state index contributed by atoms with van der Waals surface area (Å²) in [7, 11) is 0. The summed E-state index contributed by atoms with van der Waals surface area (Å²) in [4.78, 5) is 13.9. The van der Waals surface area contributed by atoms with Gasteiger partial charge < -0.3 is 9.64 Å². The zero-order valence-corrected chi connectivity index (χ0v) is 14.1. The van der Waals surface area contributed by atoms with E-state index in [1.165, 1.54) is 11.1 Å². The summed E-state index contributed by atoms with van der Waals surface area (Å²) in [6, 6.07) is 8.40. The molecule has 0 aliphatic carbocycles. The predicted octanol–water partition coefficient (Wildman–Crippen LogP) is 4.66. The Labute approximate surface area is 134 Å². The lowest BCUT2D eigenvalue weighted by atomic mass is 9.95. The van der Waals surface area contributed by atoms with Crippen LogP contribution in [-0.4, -0.2) is 29.7 Å². The first kappa shape index (κ1) is 16.6. The lowest BCUT2D eigenvalue weighted by Crippen LogP contribution is -2.41. The second kappa shape index (κ2) is 6.99. The van der Waals surface area contributed by atoms with E-state index in [1.807, 2.05) is 25.7 Å². The molecule has 1 aromatic rings. The molecule has 0 saturated carbocycles. The number of likely N-dealkylation sites (tertiary alicyclic amines) is 1. The van der Waals surface area contributed by atoms with Gasteiger partial charge in [-0.15, -0.1) is 0 Å². The Morgan fingerprint density at radius 2 is 1.86 bits per heavy atom. The summed E-state index contributed by atoms with van der Waals surface area (Å²) in [6.45, 7) is 9.40. The third kappa shape index (κ3) is 4.90. The van der Waals surface area contributed by atoms with Gasteiger partial charge in [0.15, 0.2) is 0 Å². The summed E-state index contributed by atoms with van der Waals surface area (Å²) in [5, 5.41) is 0. The number of rotatable bonds is 2. The van der Waals surface area contributed by atoms with E-state index in [-0.39, 0.29) is 6.09 Å². The summed E-state index contributed by atoms with van der Waals surface area (Å²) in [6.07, 6.45) is 6.31. The van der Waals surface area contributed by atoms with Gasteiger partial charge in [-0.05, 0) is 57.6 Å². The maximum absolute atomic E-state index is 12.0. The number of amides is 1. The Hall–Kier alpha value is -1.77. The molecule has 0 atom stereocenters. The quantitative estimate of drug-likeness (QED) is 0.795. The van der Waals surface area contributed by atoms with E-state index in [1.54, 1.807) is 0 Å². The first-order chi connectivity index (χ1) is 10.3. The van der Waals surface area contributed by atoms with Crippen molar-refractivity contribution in [2.45, 2.75) is 46.1 Å². The Kier molecular flexibility index (Phi) is 5.28. The van der Waals surface area contributed by atoms with Crippen LogP contribution in [-0.2, 0) is 4.74 Å². The van der Waals surface area contributed by atoms with Crippen LogP contribution in [0.4, 0.5) is 4.79 Å². The molecule has 1 aliphatic rings. The van der Waals surface area contributed by atoms with Crippen molar-refractivity contribution in [2.24, 2.45) is 5.92 Å². The molecule has 1 amide bonds. The largest absolute Gasteiger partial charge is 0.444 e. The molecule has 0 N–H and O–H groups in total. The smallest absolute Gasteiger partial charge is 0.410 e. The van der Waals surface area contributed by atoms with Crippen LogP contribution in [0.15, 0.2) is 30.3 Å². The molecule has 3 nitrogen and oxygen atoms in total. The van der Waals surface area contributed by atoms with Gasteiger partial charge in [-0.3, -0.25) is 0 Å². The second-order valence-corrected chi connectivity index (χ2v) is 7.02. The maximum Gasteiger partial charge on any atom is 0.410 e. The van der Waals surface area contributed by atoms with Crippen LogP contribution >= 0.6 is 0 Å². The number of benzene rings is 1. The van der Waals surface area contributed by atoms with Gasteiger partial charge in [0.2, 0.25) is 0 Å². The maximum atomic E-state index is 12.0. The molecule has 120 valence electrons. The molecular formula is C19H27NO2. The third-order valence-electron chi connectivity index (χ3n) is 3.93. The van der Waals surface area contributed by atoms with Gasteiger partial charge in [-0.2, -0.15) is 0 Å². The van der Waals surface area contributed by atoms with Crippen molar-refractivity contribution < 1.29 is 9.53 Å². The van der Waals surface area contributed by atoms with E-state index in [9.17, 15) is 4.79 Å². The molecule has 0 aromatic heterocycles. The van der Waals surface area contributed by atoms with Gasteiger partial charge in [0.1, 0.15) is 5.60 Å². The van der Waals surface area contributed by atoms with Crippen molar-refractivity contribution in [1.29, 1.82) is 0 Å². The van der Waals surface area contributed by atoms with Crippen molar-refractivity contribution in [3.8, 4) is 0 Å². The van der Waals surface area contributed by atoms with Gasteiger partial charge in [-0.25, -0.2) is 4.79 Å². The van der Waals surface area contributed by atoms with Crippen LogP contribution < -0.4 is 0 Å². The first-order valence-electron chi connectivity index (χ1n) is 8.07. The lowest BCUT2D eigenvalue weighted by Gasteiger charge is -2.32. The molecule has 2 rings (SSSR count). The minimum atomic E-state index is -0.418.